The van der Waals surface area contributed by atoms with E-state index in [1.54, 1.807) is 13.0 Å². The van der Waals surface area contributed by atoms with E-state index in [9.17, 15) is 15.2 Å². The van der Waals surface area contributed by atoms with Crippen LogP contribution in [0.3, 0.4) is 0 Å². The number of aromatic nitrogens is 1. The van der Waals surface area contributed by atoms with Gasteiger partial charge in [-0.1, -0.05) is 6.92 Å². The molecule has 1 saturated heterocycles. The molecule has 0 spiro atoms. The summed E-state index contributed by atoms with van der Waals surface area (Å²) < 4.78 is 0. The zero-order valence-electron chi connectivity index (χ0n) is 12.5. The zero-order chi connectivity index (χ0) is 15.4. The Bertz CT molecular complexity index is 507. The van der Waals surface area contributed by atoms with Gasteiger partial charge < -0.3 is 15.3 Å². The highest BCUT2D eigenvalue weighted by Crippen LogP contribution is 2.32. The smallest absolute Gasteiger partial charge is 0.311 e. The maximum Gasteiger partial charge on any atom is 0.311 e. The number of rotatable bonds is 6. The van der Waals surface area contributed by atoms with Crippen LogP contribution in [0.1, 0.15) is 26.7 Å². The van der Waals surface area contributed by atoms with Crippen molar-refractivity contribution in [1.29, 1.82) is 0 Å². The predicted molar refractivity (Wildman–Crippen MR) is 81.7 cm³/mol. The molecule has 1 aliphatic heterocycles. The number of hydrogen-bond acceptors (Lipinski definition) is 6. The lowest BCUT2D eigenvalue weighted by molar-refractivity contribution is -0.384. The largest absolute Gasteiger partial charge is 0.393 e. The van der Waals surface area contributed by atoms with E-state index in [2.05, 4.69) is 10.3 Å². The highest BCUT2D eigenvalue weighted by molar-refractivity contribution is 5.62. The second-order valence-electron chi connectivity index (χ2n) is 5.46. The molecule has 2 N–H and O–H groups in total. The van der Waals surface area contributed by atoms with Gasteiger partial charge in [-0.05, 0) is 25.8 Å². The molecular formula is C14H22N4O3. The fourth-order valence-corrected chi connectivity index (χ4v) is 2.54. The lowest BCUT2D eigenvalue weighted by Gasteiger charge is -2.19. The molecule has 1 fully saturated rings. The Balaban J connectivity index is 2.24. The van der Waals surface area contributed by atoms with Gasteiger partial charge in [-0.25, -0.2) is 4.98 Å². The van der Waals surface area contributed by atoms with Crippen molar-refractivity contribution >= 4 is 17.3 Å². The van der Waals surface area contributed by atoms with Crippen LogP contribution in [0.5, 0.6) is 0 Å². The molecule has 1 aromatic heterocycles. The summed E-state index contributed by atoms with van der Waals surface area (Å²) in [5.74, 6) is 1.18. The Morgan fingerprint density at radius 3 is 2.95 bits per heavy atom. The Kier molecular flexibility index (Phi) is 4.95. The van der Waals surface area contributed by atoms with Gasteiger partial charge in [-0.15, -0.1) is 0 Å². The minimum Gasteiger partial charge on any atom is -0.393 e. The third-order valence-electron chi connectivity index (χ3n) is 3.81. The molecule has 0 aromatic carbocycles. The van der Waals surface area contributed by atoms with Crippen molar-refractivity contribution in [2.24, 2.45) is 5.92 Å². The highest BCUT2D eigenvalue weighted by Gasteiger charge is 2.31. The highest BCUT2D eigenvalue weighted by atomic mass is 16.6. The first-order valence-electron chi connectivity index (χ1n) is 7.35. The summed E-state index contributed by atoms with van der Waals surface area (Å²) in [6, 6.07) is 3.13. The molecule has 0 saturated carbocycles. The minimum atomic E-state index is -0.407. The molecule has 0 radical (unpaired) electrons. The number of nitro groups is 1. The number of anilines is 2. The van der Waals surface area contributed by atoms with E-state index in [-0.39, 0.29) is 11.6 Å². The first-order chi connectivity index (χ1) is 10.0. The Labute approximate surface area is 124 Å². The van der Waals surface area contributed by atoms with Crippen LogP contribution in [-0.2, 0) is 0 Å². The maximum absolute atomic E-state index is 11.2. The van der Waals surface area contributed by atoms with Gasteiger partial charge in [0.25, 0.3) is 0 Å². The number of nitrogens with one attached hydrogen (secondary N) is 1. The molecule has 0 bridgehead atoms. The molecule has 2 unspecified atom stereocenters. The van der Waals surface area contributed by atoms with Crippen LogP contribution in [0.25, 0.3) is 0 Å². The van der Waals surface area contributed by atoms with Gasteiger partial charge in [-0.2, -0.15) is 0 Å². The molecular weight excluding hydrogens is 272 g/mol. The van der Waals surface area contributed by atoms with Crippen molar-refractivity contribution in [3.63, 3.8) is 0 Å². The van der Waals surface area contributed by atoms with Crippen molar-refractivity contribution < 1.29 is 10.0 Å². The van der Waals surface area contributed by atoms with Gasteiger partial charge in [0.15, 0.2) is 0 Å². The molecule has 2 rings (SSSR count). The average molecular weight is 294 g/mol. The van der Waals surface area contributed by atoms with Crippen LogP contribution in [0.2, 0.25) is 0 Å². The van der Waals surface area contributed by atoms with Crippen molar-refractivity contribution in [1.82, 2.24) is 4.98 Å². The number of aliphatic hydroxyl groups is 1. The van der Waals surface area contributed by atoms with Crippen LogP contribution in [0.15, 0.2) is 12.1 Å². The maximum atomic E-state index is 11.2. The molecule has 1 aliphatic rings. The van der Waals surface area contributed by atoms with Gasteiger partial charge >= 0.3 is 5.69 Å². The van der Waals surface area contributed by atoms with Crippen LogP contribution < -0.4 is 10.2 Å². The Hall–Kier alpha value is -1.89. The first kappa shape index (κ1) is 15.5. The topological polar surface area (TPSA) is 91.5 Å². The number of aliphatic hydroxyl groups excluding tert-OH is 1. The summed E-state index contributed by atoms with van der Waals surface area (Å²) >= 11 is 0. The third kappa shape index (κ3) is 3.60. The van der Waals surface area contributed by atoms with Crippen molar-refractivity contribution in [2.45, 2.75) is 32.8 Å². The number of pyridine rings is 1. The van der Waals surface area contributed by atoms with Crippen LogP contribution in [0.4, 0.5) is 17.3 Å². The molecule has 0 amide bonds. The normalized spacial score (nSPS) is 19.6. The van der Waals surface area contributed by atoms with E-state index in [4.69, 9.17) is 0 Å². The molecule has 7 nitrogen and oxygen atoms in total. The fourth-order valence-electron chi connectivity index (χ4n) is 2.54. The first-order valence-corrected chi connectivity index (χ1v) is 7.35. The van der Waals surface area contributed by atoms with Gasteiger partial charge in [0, 0.05) is 31.6 Å². The quantitative estimate of drug-likeness (QED) is 0.616. The lowest BCUT2D eigenvalue weighted by Crippen LogP contribution is -2.25. The standard InChI is InChI=1S/C14H22N4O3/c1-3-7-15-13-5-4-12(18(20)21)14(16-13)17-8-6-11(9-17)10(2)19/h4-5,10-11,19H,3,6-9H2,1-2H3,(H,15,16). The van der Waals surface area contributed by atoms with Gasteiger partial charge in [-0.3, -0.25) is 10.1 Å². The van der Waals surface area contributed by atoms with E-state index in [0.717, 1.165) is 19.4 Å². The van der Waals surface area contributed by atoms with Crippen molar-refractivity contribution in [3.05, 3.63) is 22.2 Å². The van der Waals surface area contributed by atoms with Crippen molar-refractivity contribution in [3.8, 4) is 0 Å². The zero-order valence-corrected chi connectivity index (χ0v) is 12.5. The van der Waals surface area contributed by atoms with E-state index >= 15 is 0 Å². The molecule has 0 aliphatic carbocycles. The SMILES string of the molecule is CCCNc1ccc([N+](=O)[O-])c(N2CCC(C(C)O)C2)n1. The van der Waals surface area contributed by atoms with E-state index < -0.39 is 11.0 Å². The summed E-state index contributed by atoms with van der Waals surface area (Å²) in [7, 11) is 0. The van der Waals surface area contributed by atoms with Crippen LogP contribution in [-0.4, -0.2) is 40.8 Å². The summed E-state index contributed by atoms with van der Waals surface area (Å²) in [5, 5.41) is 24.0. The molecule has 116 valence electrons. The lowest BCUT2D eigenvalue weighted by atomic mass is 10.0. The molecule has 7 heteroatoms. The third-order valence-corrected chi connectivity index (χ3v) is 3.81. The molecule has 2 heterocycles. The van der Waals surface area contributed by atoms with E-state index in [0.29, 0.717) is 24.7 Å². The van der Waals surface area contributed by atoms with Crippen LogP contribution in [0, 0.1) is 16.0 Å². The minimum absolute atomic E-state index is 0.0169. The molecule has 21 heavy (non-hydrogen) atoms. The number of hydrogen-bond donors (Lipinski definition) is 2. The summed E-state index contributed by atoms with van der Waals surface area (Å²) in [6.07, 6.45) is 1.38. The fraction of sp³-hybridized carbons (Fsp3) is 0.643. The monoisotopic (exact) mass is 294 g/mol. The summed E-state index contributed by atoms with van der Waals surface area (Å²) in [5.41, 5.74) is 0.0169. The van der Waals surface area contributed by atoms with Crippen LogP contribution >= 0.6 is 0 Å². The second-order valence-corrected chi connectivity index (χ2v) is 5.46. The Morgan fingerprint density at radius 1 is 1.62 bits per heavy atom. The van der Waals surface area contributed by atoms with Crippen molar-refractivity contribution in [2.75, 3.05) is 29.9 Å². The van der Waals surface area contributed by atoms with Gasteiger partial charge in [0.2, 0.25) is 5.82 Å². The Morgan fingerprint density at radius 2 is 2.38 bits per heavy atom. The number of nitrogens with zero attached hydrogens (tertiary/aromatic N) is 3. The van der Waals surface area contributed by atoms with Gasteiger partial charge in [0.1, 0.15) is 5.82 Å². The summed E-state index contributed by atoms with van der Waals surface area (Å²) in [4.78, 5) is 17.1. The molecule has 1 aromatic rings. The van der Waals surface area contributed by atoms with E-state index in [1.807, 2.05) is 11.8 Å². The van der Waals surface area contributed by atoms with Gasteiger partial charge in [0.05, 0.1) is 11.0 Å². The predicted octanol–water partition coefficient (Wildman–Crippen LogP) is 2.02. The average Bonchev–Trinajstić information content (AvgIpc) is 2.94. The van der Waals surface area contributed by atoms with E-state index in [1.165, 1.54) is 6.07 Å². The summed E-state index contributed by atoms with van der Waals surface area (Å²) in [6.45, 7) is 5.87. The molecule has 2 atom stereocenters. The second kappa shape index (κ2) is 6.71.